The molecule has 0 radical (unpaired) electrons. The van der Waals surface area contributed by atoms with Crippen LogP contribution in [0.25, 0.3) is 0 Å². The SMILES string of the molecule is O=C(NCc1ccccc1)c1cn(C2CN(C(=O)Nc3ccccc3F)C2)nn1. The molecule has 29 heavy (non-hydrogen) atoms. The van der Waals surface area contributed by atoms with Crippen LogP contribution in [0, 0.1) is 5.82 Å². The first-order valence-corrected chi connectivity index (χ1v) is 9.14. The van der Waals surface area contributed by atoms with E-state index < -0.39 is 5.82 Å². The van der Waals surface area contributed by atoms with E-state index in [1.165, 1.54) is 17.0 Å². The lowest BCUT2D eigenvalue weighted by atomic mass is 10.1. The van der Waals surface area contributed by atoms with Crippen LogP contribution in [0.15, 0.2) is 60.8 Å². The Morgan fingerprint density at radius 1 is 1.07 bits per heavy atom. The molecule has 3 aromatic rings. The van der Waals surface area contributed by atoms with Crippen LogP contribution in [-0.4, -0.2) is 44.9 Å². The van der Waals surface area contributed by atoms with Crippen LogP contribution in [-0.2, 0) is 6.54 Å². The molecule has 0 unspecified atom stereocenters. The van der Waals surface area contributed by atoms with Gasteiger partial charge < -0.3 is 15.5 Å². The molecule has 2 heterocycles. The number of para-hydroxylation sites is 1. The Morgan fingerprint density at radius 2 is 1.79 bits per heavy atom. The summed E-state index contributed by atoms with van der Waals surface area (Å²) in [6.45, 7) is 1.20. The highest BCUT2D eigenvalue weighted by atomic mass is 19.1. The van der Waals surface area contributed by atoms with Crippen molar-refractivity contribution < 1.29 is 14.0 Å². The molecule has 2 N–H and O–H groups in total. The fourth-order valence-corrected chi connectivity index (χ4v) is 2.97. The largest absolute Gasteiger partial charge is 0.347 e. The first kappa shape index (κ1) is 18.6. The second kappa shape index (κ2) is 8.09. The maximum absolute atomic E-state index is 13.6. The van der Waals surface area contributed by atoms with Gasteiger partial charge in [-0.25, -0.2) is 13.9 Å². The molecule has 0 atom stereocenters. The Hall–Kier alpha value is -3.75. The van der Waals surface area contributed by atoms with Crippen LogP contribution in [0.3, 0.4) is 0 Å². The number of anilines is 1. The summed E-state index contributed by atoms with van der Waals surface area (Å²) >= 11 is 0. The molecule has 1 aromatic heterocycles. The highest BCUT2D eigenvalue weighted by Crippen LogP contribution is 2.22. The van der Waals surface area contributed by atoms with Crippen LogP contribution in [0.4, 0.5) is 14.9 Å². The lowest BCUT2D eigenvalue weighted by Gasteiger charge is -2.38. The van der Waals surface area contributed by atoms with Crippen molar-refractivity contribution in [2.24, 2.45) is 0 Å². The third-order valence-electron chi connectivity index (χ3n) is 4.68. The fraction of sp³-hybridized carbons (Fsp3) is 0.200. The number of urea groups is 1. The number of amides is 3. The average Bonchev–Trinajstić information content (AvgIpc) is 3.17. The van der Waals surface area contributed by atoms with Gasteiger partial charge in [0.15, 0.2) is 5.69 Å². The number of rotatable bonds is 5. The molecule has 1 aliphatic rings. The monoisotopic (exact) mass is 394 g/mol. The van der Waals surface area contributed by atoms with Crippen LogP contribution in [0.5, 0.6) is 0 Å². The van der Waals surface area contributed by atoms with Crippen molar-refractivity contribution >= 4 is 17.6 Å². The second-order valence-corrected chi connectivity index (χ2v) is 6.72. The normalized spacial score (nSPS) is 13.6. The van der Waals surface area contributed by atoms with Crippen molar-refractivity contribution in [2.45, 2.75) is 12.6 Å². The number of hydrogen-bond donors (Lipinski definition) is 2. The Morgan fingerprint density at radius 3 is 2.55 bits per heavy atom. The van der Waals surface area contributed by atoms with Crippen LogP contribution in [0.2, 0.25) is 0 Å². The molecule has 1 saturated heterocycles. The summed E-state index contributed by atoms with van der Waals surface area (Å²) in [5.41, 5.74) is 1.35. The van der Waals surface area contributed by atoms with Crippen LogP contribution >= 0.6 is 0 Å². The Labute approximate surface area is 166 Å². The highest BCUT2D eigenvalue weighted by molar-refractivity contribution is 5.92. The maximum Gasteiger partial charge on any atom is 0.322 e. The number of carbonyl (C=O) groups is 2. The first-order chi connectivity index (χ1) is 14.1. The number of nitrogens with zero attached hydrogens (tertiary/aromatic N) is 4. The smallest absolute Gasteiger partial charge is 0.322 e. The number of carbonyl (C=O) groups excluding carboxylic acids is 2. The Kier molecular flexibility index (Phi) is 5.19. The van der Waals surface area contributed by atoms with Gasteiger partial charge in [0.05, 0.1) is 17.9 Å². The minimum atomic E-state index is -0.486. The van der Waals surface area contributed by atoms with Gasteiger partial charge in [0.25, 0.3) is 5.91 Å². The van der Waals surface area contributed by atoms with E-state index >= 15 is 0 Å². The Bertz CT molecular complexity index is 1020. The van der Waals surface area contributed by atoms with Gasteiger partial charge in [0.2, 0.25) is 0 Å². The fourth-order valence-electron chi connectivity index (χ4n) is 2.97. The zero-order valence-electron chi connectivity index (χ0n) is 15.5. The molecule has 148 valence electrons. The first-order valence-electron chi connectivity index (χ1n) is 9.14. The molecule has 9 heteroatoms. The van der Waals surface area contributed by atoms with Gasteiger partial charge in [0.1, 0.15) is 5.82 Å². The lowest BCUT2D eigenvalue weighted by Crippen LogP contribution is -2.52. The van der Waals surface area contributed by atoms with Gasteiger partial charge >= 0.3 is 6.03 Å². The molecule has 0 aliphatic carbocycles. The molecule has 8 nitrogen and oxygen atoms in total. The second-order valence-electron chi connectivity index (χ2n) is 6.72. The van der Waals surface area contributed by atoms with E-state index in [4.69, 9.17) is 0 Å². The number of aromatic nitrogens is 3. The summed E-state index contributed by atoms with van der Waals surface area (Å²) in [6.07, 6.45) is 1.57. The van der Waals surface area contributed by atoms with Gasteiger partial charge in [0, 0.05) is 19.6 Å². The maximum atomic E-state index is 13.6. The molecule has 0 saturated carbocycles. The van der Waals surface area contributed by atoms with Gasteiger partial charge in [-0.1, -0.05) is 47.7 Å². The predicted octanol–water partition coefficient (Wildman–Crippen LogP) is 2.44. The number of benzene rings is 2. The zero-order chi connectivity index (χ0) is 20.2. The number of halogens is 1. The average molecular weight is 394 g/mol. The topological polar surface area (TPSA) is 92.2 Å². The molecular formula is C20H19FN6O2. The third kappa shape index (κ3) is 4.23. The summed E-state index contributed by atoms with van der Waals surface area (Å²) in [6, 6.07) is 15.1. The molecule has 1 aliphatic heterocycles. The summed E-state index contributed by atoms with van der Waals surface area (Å²) in [5, 5.41) is 13.2. The van der Waals surface area contributed by atoms with Crippen molar-refractivity contribution in [2.75, 3.05) is 18.4 Å². The molecule has 0 bridgehead atoms. The zero-order valence-corrected chi connectivity index (χ0v) is 15.5. The van der Waals surface area contributed by atoms with Crippen molar-refractivity contribution in [1.29, 1.82) is 0 Å². The molecule has 4 rings (SSSR count). The van der Waals surface area contributed by atoms with Crippen molar-refractivity contribution in [3.63, 3.8) is 0 Å². The summed E-state index contributed by atoms with van der Waals surface area (Å²) in [5.74, 6) is -0.797. The molecule has 3 amide bonds. The van der Waals surface area contributed by atoms with E-state index in [9.17, 15) is 14.0 Å². The van der Waals surface area contributed by atoms with E-state index in [2.05, 4.69) is 20.9 Å². The Balaban J connectivity index is 1.28. The van der Waals surface area contributed by atoms with E-state index in [1.807, 2.05) is 30.3 Å². The van der Waals surface area contributed by atoms with Gasteiger partial charge in [-0.15, -0.1) is 5.10 Å². The molecule has 2 aromatic carbocycles. The van der Waals surface area contributed by atoms with Crippen molar-refractivity contribution in [1.82, 2.24) is 25.2 Å². The summed E-state index contributed by atoms with van der Waals surface area (Å²) in [4.78, 5) is 26.0. The van der Waals surface area contributed by atoms with Crippen LogP contribution < -0.4 is 10.6 Å². The number of nitrogens with one attached hydrogen (secondary N) is 2. The number of likely N-dealkylation sites (tertiary alicyclic amines) is 1. The van der Waals surface area contributed by atoms with Gasteiger partial charge in [-0.3, -0.25) is 4.79 Å². The summed E-state index contributed by atoms with van der Waals surface area (Å²) in [7, 11) is 0. The number of hydrogen-bond acceptors (Lipinski definition) is 4. The minimum absolute atomic E-state index is 0.0791. The molecular weight excluding hydrogens is 375 g/mol. The van der Waals surface area contributed by atoms with Crippen molar-refractivity contribution in [3.05, 3.63) is 77.9 Å². The lowest BCUT2D eigenvalue weighted by molar-refractivity contribution is 0.0945. The minimum Gasteiger partial charge on any atom is -0.347 e. The van der Waals surface area contributed by atoms with E-state index in [0.717, 1.165) is 5.56 Å². The quantitative estimate of drug-likeness (QED) is 0.695. The van der Waals surface area contributed by atoms with E-state index in [0.29, 0.717) is 19.6 Å². The standard InChI is InChI=1S/C20H19FN6O2/c21-16-8-4-5-9-17(16)23-20(29)26-11-15(12-26)27-13-18(24-25-27)19(28)22-10-14-6-2-1-3-7-14/h1-9,13,15H,10-12H2,(H,22,28)(H,23,29). The van der Waals surface area contributed by atoms with Gasteiger partial charge in [-0.05, 0) is 17.7 Å². The summed E-state index contributed by atoms with van der Waals surface area (Å²) < 4.78 is 15.2. The third-order valence-corrected chi connectivity index (χ3v) is 4.68. The van der Waals surface area contributed by atoms with Crippen molar-refractivity contribution in [3.8, 4) is 0 Å². The predicted molar refractivity (Wildman–Crippen MR) is 104 cm³/mol. The molecule has 0 spiro atoms. The van der Waals surface area contributed by atoms with E-state index in [1.54, 1.807) is 23.0 Å². The molecule has 1 fully saturated rings. The van der Waals surface area contributed by atoms with Crippen LogP contribution in [0.1, 0.15) is 22.1 Å². The van der Waals surface area contributed by atoms with E-state index in [-0.39, 0.29) is 29.4 Å². The highest BCUT2D eigenvalue weighted by Gasteiger charge is 2.33. The van der Waals surface area contributed by atoms with Gasteiger partial charge in [-0.2, -0.15) is 0 Å².